The van der Waals surface area contributed by atoms with Gasteiger partial charge >= 0.3 is 0 Å². The Labute approximate surface area is 358 Å². The maximum atomic E-state index is 11.8. The van der Waals surface area contributed by atoms with Gasteiger partial charge in [-0.3, -0.25) is 4.55 Å². The molecular weight excluding hydrogens is 719 g/mol. The van der Waals surface area contributed by atoms with Crippen LogP contribution in [0.15, 0.2) is 29.2 Å². The second-order valence-electron chi connectivity index (χ2n) is 18.5. The molecule has 1 aromatic carbocycles. The lowest BCUT2D eigenvalue weighted by Gasteiger charge is -2.39. The predicted molar refractivity (Wildman–Crippen MR) is 252 cm³/mol. The SMILES string of the molecule is CCCCCCCCCCCCCCC[N+](CCCCCCCCCCCCCCC)(CCCCCCCCCCCCCCC)Cc1ccc(S(=O)(=O)O)cc1. The van der Waals surface area contributed by atoms with Gasteiger partial charge in [-0.15, -0.1) is 0 Å². The van der Waals surface area contributed by atoms with Crippen molar-refractivity contribution in [1.82, 2.24) is 0 Å². The van der Waals surface area contributed by atoms with Gasteiger partial charge in [0.15, 0.2) is 0 Å². The molecule has 0 aliphatic heterocycles. The molecule has 57 heavy (non-hydrogen) atoms. The molecule has 0 radical (unpaired) electrons. The quantitative estimate of drug-likeness (QED) is 0.0405. The van der Waals surface area contributed by atoms with Crippen molar-refractivity contribution in [1.29, 1.82) is 0 Å². The third-order valence-corrected chi connectivity index (χ3v) is 13.8. The van der Waals surface area contributed by atoms with Crippen molar-refractivity contribution >= 4 is 10.1 Å². The molecule has 1 rings (SSSR count). The van der Waals surface area contributed by atoms with Crippen LogP contribution in [0.4, 0.5) is 0 Å². The Morgan fingerprint density at radius 3 is 0.772 bits per heavy atom. The molecule has 1 aromatic rings. The fraction of sp³-hybridized carbons (Fsp3) is 0.885. The summed E-state index contributed by atoms with van der Waals surface area (Å²) < 4.78 is 34.4. The Kier molecular flexibility index (Phi) is 37.2. The van der Waals surface area contributed by atoms with Crippen molar-refractivity contribution < 1.29 is 17.5 Å². The first-order valence-electron chi connectivity index (χ1n) is 25.8. The fourth-order valence-electron chi connectivity index (χ4n) is 9.12. The van der Waals surface area contributed by atoms with Crippen molar-refractivity contribution in [2.24, 2.45) is 0 Å². The van der Waals surface area contributed by atoms with E-state index < -0.39 is 10.1 Å². The van der Waals surface area contributed by atoms with Gasteiger partial charge in [-0.05, 0) is 50.7 Å². The maximum absolute atomic E-state index is 11.8. The molecule has 0 unspecified atom stereocenters. The van der Waals surface area contributed by atoms with Crippen LogP contribution in [0.1, 0.15) is 277 Å². The van der Waals surface area contributed by atoms with Crippen LogP contribution < -0.4 is 0 Å². The van der Waals surface area contributed by atoms with E-state index in [4.69, 9.17) is 0 Å². The molecule has 0 saturated carbocycles. The van der Waals surface area contributed by atoms with E-state index in [9.17, 15) is 13.0 Å². The Bertz CT molecular complexity index is 997. The number of nitrogens with zero attached hydrogens (tertiary/aromatic N) is 1. The number of unbranched alkanes of at least 4 members (excludes halogenated alkanes) is 36. The standard InChI is InChI=1S/C52H99NO3S/c1-4-7-10-13-16-19-22-25-28-31-34-37-40-47-53(50-51-43-45-52(46-44-51)57(54,55)56,48-41-38-35-32-29-26-23-20-17-14-11-8-5-2)49-42-39-36-33-30-27-24-21-18-15-12-9-6-3/h43-46H,4-42,47-50H2,1-3H3/p+1. The summed E-state index contributed by atoms with van der Waals surface area (Å²) in [6.45, 7) is 11.6. The lowest BCUT2D eigenvalue weighted by molar-refractivity contribution is -0.941. The highest BCUT2D eigenvalue weighted by Gasteiger charge is 2.27. The van der Waals surface area contributed by atoms with Crippen molar-refractivity contribution in [2.75, 3.05) is 19.6 Å². The van der Waals surface area contributed by atoms with E-state index in [2.05, 4.69) is 20.8 Å². The van der Waals surface area contributed by atoms with E-state index in [1.54, 1.807) is 12.1 Å². The Morgan fingerprint density at radius 1 is 0.351 bits per heavy atom. The molecule has 0 saturated heterocycles. The normalized spacial score (nSPS) is 12.2. The molecule has 0 aromatic heterocycles. The van der Waals surface area contributed by atoms with Gasteiger partial charge in [0.2, 0.25) is 0 Å². The molecule has 0 atom stereocenters. The molecule has 0 fully saturated rings. The molecule has 0 amide bonds. The zero-order chi connectivity index (χ0) is 41.4. The van der Waals surface area contributed by atoms with Gasteiger partial charge in [-0.25, -0.2) is 0 Å². The van der Waals surface area contributed by atoms with Gasteiger partial charge in [0.05, 0.1) is 24.5 Å². The number of rotatable bonds is 45. The van der Waals surface area contributed by atoms with Gasteiger partial charge in [0, 0.05) is 5.56 Å². The highest BCUT2D eigenvalue weighted by Crippen LogP contribution is 2.24. The van der Waals surface area contributed by atoms with E-state index >= 15 is 0 Å². The number of quaternary nitrogens is 1. The lowest BCUT2D eigenvalue weighted by Crippen LogP contribution is -2.49. The molecule has 0 spiro atoms. The van der Waals surface area contributed by atoms with Crippen LogP contribution in [0.5, 0.6) is 0 Å². The summed E-state index contributed by atoms with van der Waals surface area (Å²) in [5, 5.41) is 0. The largest absolute Gasteiger partial charge is 0.320 e. The summed E-state index contributed by atoms with van der Waals surface area (Å²) in [5.41, 5.74) is 1.21. The fourth-order valence-corrected chi connectivity index (χ4v) is 9.60. The van der Waals surface area contributed by atoms with Gasteiger partial charge in [0.25, 0.3) is 10.1 Å². The van der Waals surface area contributed by atoms with Crippen LogP contribution in [0.25, 0.3) is 0 Å². The lowest BCUT2D eigenvalue weighted by atomic mass is 10.0. The molecule has 4 nitrogen and oxygen atoms in total. The minimum Gasteiger partial charge on any atom is -0.320 e. The number of benzene rings is 1. The van der Waals surface area contributed by atoms with E-state index in [-0.39, 0.29) is 4.90 Å². The van der Waals surface area contributed by atoms with Gasteiger partial charge in [-0.1, -0.05) is 245 Å². The van der Waals surface area contributed by atoms with Crippen LogP contribution in [0.2, 0.25) is 0 Å². The highest BCUT2D eigenvalue weighted by atomic mass is 32.2. The average Bonchev–Trinajstić information content (AvgIpc) is 3.20. The first-order valence-corrected chi connectivity index (χ1v) is 27.2. The van der Waals surface area contributed by atoms with E-state index in [0.717, 1.165) is 11.0 Å². The molecule has 0 aliphatic rings. The molecule has 1 N–H and O–H groups in total. The van der Waals surface area contributed by atoms with Crippen LogP contribution in [0, 0.1) is 0 Å². The van der Waals surface area contributed by atoms with E-state index in [1.807, 2.05) is 12.1 Å². The van der Waals surface area contributed by atoms with Crippen molar-refractivity contribution in [3.8, 4) is 0 Å². The van der Waals surface area contributed by atoms with E-state index in [1.165, 1.54) is 276 Å². The predicted octanol–water partition coefficient (Wildman–Crippen LogP) is 17.5. The van der Waals surface area contributed by atoms with Gasteiger partial charge in [0.1, 0.15) is 6.54 Å². The summed E-state index contributed by atoms with van der Waals surface area (Å²) in [6.07, 6.45) is 54.1. The molecular formula is C52H100NO3S+. The molecule has 5 heteroatoms. The first kappa shape index (κ1) is 54.1. The summed E-state index contributed by atoms with van der Waals surface area (Å²) in [6, 6.07) is 7.16. The number of hydrogen-bond acceptors (Lipinski definition) is 2. The highest BCUT2D eigenvalue weighted by molar-refractivity contribution is 7.85. The third-order valence-electron chi connectivity index (χ3n) is 12.9. The van der Waals surface area contributed by atoms with Crippen LogP contribution in [0.3, 0.4) is 0 Å². The first-order chi connectivity index (χ1) is 27.9. The Balaban J connectivity index is 2.70. The molecule has 0 bridgehead atoms. The molecule has 0 heterocycles. The average molecular weight is 819 g/mol. The Hall–Kier alpha value is -0.910. The topological polar surface area (TPSA) is 54.4 Å². The van der Waals surface area contributed by atoms with Crippen LogP contribution >= 0.6 is 0 Å². The van der Waals surface area contributed by atoms with Gasteiger partial charge < -0.3 is 4.48 Å². The zero-order valence-corrected chi connectivity index (χ0v) is 39.7. The van der Waals surface area contributed by atoms with Crippen LogP contribution in [-0.4, -0.2) is 37.1 Å². The van der Waals surface area contributed by atoms with Crippen molar-refractivity contribution in [2.45, 2.75) is 283 Å². The van der Waals surface area contributed by atoms with Crippen LogP contribution in [-0.2, 0) is 16.7 Å². The number of hydrogen-bond donors (Lipinski definition) is 1. The van der Waals surface area contributed by atoms with Crippen molar-refractivity contribution in [3.63, 3.8) is 0 Å². The van der Waals surface area contributed by atoms with E-state index in [0.29, 0.717) is 0 Å². The minimum absolute atomic E-state index is 0.00818. The van der Waals surface area contributed by atoms with Crippen molar-refractivity contribution in [3.05, 3.63) is 29.8 Å². The third kappa shape index (κ3) is 33.5. The van der Waals surface area contributed by atoms with Gasteiger partial charge in [-0.2, -0.15) is 8.42 Å². The minimum atomic E-state index is -4.18. The second-order valence-corrected chi connectivity index (χ2v) is 19.9. The summed E-state index contributed by atoms with van der Waals surface area (Å²) >= 11 is 0. The zero-order valence-electron chi connectivity index (χ0n) is 38.8. The molecule has 336 valence electrons. The summed E-state index contributed by atoms with van der Waals surface area (Å²) in [4.78, 5) is 0.00818. The maximum Gasteiger partial charge on any atom is 0.294 e. The summed E-state index contributed by atoms with van der Waals surface area (Å²) in [5.74, 6) is 0. The Morgan fingerprint density at radius 2 is 0.561 bits per heavy atom. The monoisotopic (exact) mass is 819 g/mol. The summed E-state index contributed by atoms with van der Waals surface area (Å²) in [7, 11) is -4.18. The smallest absolute Gasteiger partial charge is 0.294 e. The second kappa shape index (κ2) is 39.2. The molecule has 0 aliphatic carbocycles.